The van der Waals surface area contributed by atoms with Crippen LogP contribution >= 0.6 is 0 Å². The summed E-state index contributed by atoms with van der Waals surface area (Å²) in [6.45, 7) is 4.53. The third kappa shape index (κ3) is 3.96. The van der Waals surface area contributed by atoms with E-state index in [1.54, 1.807) is 29.4 Å². The summed E-state index contributed by atoms with van der Waals surface area (Å²) in [5.41, 5.74) is 4.89. The van der Waals surface area contributed by atoms with Crippen molar-refractivity contribution in [1.82, 2.24) is 20.4 Å². The van der Waals surface area contributed by atoms with Gasteiger partial charge in [0.05, 0.1) is 12.2 Å². The molecule has 2 amide bonds. The Labute approximate surface area is 169 Å². The number of H-pyrrole nitrogens is 1. The van der Waals surface area contributed by atoms with Gasteiger partial charge in [-0.15, -0.1) is 0 Å². The number of rotatable bonds is 5. The van der Waals surface area contributed by atoms with E-state index in [-0.39, 0.29) is 17.9 Å². The molecule has 6 nitrogen and oxygen atoms in total. The second kappa shape index (κ2) is 8.14. The number of aromatic amines is 1. The zero-order valence-corrected chi connectivity index (χ0v) is 16.0. The molecule has 0 bridgehead atoms. The molecule has 0 saturated carbocycles. The van der Waals surface area contributed by atoms with Gasteiger partial charge in [-0.1, -0.05) is 43.0 Å². The minimum absolute atomic E-state index is 0.107. The van der Waals surface area contributed by atoms with Gasteiger partial charge in [-0.2, -0.15) is 5.10 Å². The Balaban J connectivity index is 1.44. The average Bonchev–Trinajstić information content (AvgIpc) is 3.31. The van der Waals surface area contributed by atoms with Gasteiger partial charge in [0, 0.05) is 30.4 Å². The van der Waals surface area contributed by atoms with Crippen LogP contribution in [-0.2, 0) is 17.8 Å². The first-order valence-corrected chi connectivity index (χ1v) is 9.53. The van der Waals surface area contributed by atoms with Gasteiger partial charge in [-0.25, -0.2) is 0 Å². The van der Waals surface area contributed by atoms with Crippen LogP contribution in [0.5, 0.6) is 0 Å². The minimum atomic E-state index is -0.159. The predicted molar refractivity (Wildman–Crippen MR) is 111 cm³/mol. The van der Waals surface area contributed by atoms with E-state index in [1.807, 2.05) is 30.3 Å². The van der Waals surface area contributed by atoms with Crippen molar-refractivity contribution >= 4 is 11.8 Å². The lowest BCUT2D eigenvalue weighted by molar-refractivity contribution is -0.129. The molecule has 1 atom stereocenters. The van der Waals surface area contributed by atoms with Crippen molar-refractivity contribution in [3.63, 3.8) is 0 Å². The molecule has 2 heterocycles. The highest BCUT2D eigenvalue weighted by atomic mass is 16.2. The van der Waals surface area contributed by atoms with Crippen LogP contribution in [0.25, 0.3) is 11.1 Å². The van der Waals surface area contributed by atoms with E-state index in [0.29, 0.717) is 25.1 Å². The van der Waals surface area contributed by atoms with E-state index in [2.05, 4.69) is 28.2 Å². The van der Waals surface area contributed by atoms with Gasteiger partial charge in [-0.3, -0.25) is 14.7 Å². The van der Waals surface area contributed by atoms with Crippen LogP contribution in [0, 0.1) is 0 Å². The SMILES string of the molecule is C=CC(=O)N1Cc2ccccc2CC1CNC(=O)c1ccc(-c2cn[nH]c2)cc1. The minimum Gasteiger partial charge on any atom is -0.350 e. The first-order valence-electron chi connectivity index (χ1n) is 9.53. The molecule has 0 spiro atoms. The first-order chi connectivity index (χ1) is 14.2. The van der Waals surface area contributed by atoms with Crippen molar-refractivity contribution in [2.24, 2.45) is 0 Å². The van der Waals surface area contributed by atoms with Gasteiger partial charge in [0.15, 0.2) is 0 Å². The number of benzene rings is 2. The molecule has 0 radical (unpaired) electrons. The van der Waals surface area contributed by atoms with Crippen LogP contribution in [0.2, 0.25) is 0 Å². The van der Waals surface area contributed by atoms with Crippen molar-refractivity contribution in [1.29, 1.82) is 0 Å². The number of amides is 2. The second-order valence-corrected chi connectivity index (χ2v) is 7.07. The van der Waals surface area contributed by atoms with Crippen LogP contribution < -0.4 is 5.32 Å². The highest BCUT2D eigenvalue weighted by molar-refractivity contribution is 5.94. The zero-order valence-electron chi connectivity index (χ0n) is 16.0. The Kier molecular flexibility index (Phi) is 5.24. The molecule has 29 heavy (non-hydrogen) atoms. The fourth-order valence-corrected chi connectivity index (χ4v) is 3.68. The Hall–Kier alpha value is -3.67. The molecular formula is C23H22N4O2. The summed E-state index contributed by atoms with van der Waals surface area (Å²) in [6.07, 6.45) is 5.58. The lowest BCUT2D eigenvalue weighted by Gasteiger charge is -2.36. The van der Waals surface area contributed by atoms with Crippen molar-refractivity contribution < 1.29 is 9.59 Å². The van der Waals surface area contributed by atoms with E-state index in [4.69, 9.17) is 0 Å². The maximum Gasteiger partial charge on any atom is 0.251 e. The van der Waals surface area contributed by atoms with Gasteiger partial charge in [0.25, 0.3) is 5.91 Å². The quantitative estimate of drug-likeness (QED) is 0.662. The van der Waals surface area contributed by atoms with Crippen molar-refractivity contribution in [3.05, 3.63) is 90.3 Å². The molecule has 2 N–H and O–H groups in total. The normalized spacial score (nSPS) is 15.4. The largest absolute Gasteiger partial charge is 0.350 e. The van der Waals surface area contributed by atoms with Crippen LogP contribution in [0.15, 0.2) is 73.6 Å². The molecule has 1 aliphatic rings. The highest BCUT2D eigenvalue weighted by Gasteiger charge is 2.28. The topological polar surface area (TPSA) is 78.1 Å². The Morgan fingerprint density at radius 3 is 2.59 bits per heavy atom. The number of carbonyl (C=O) groups is 2. The summed E-state index contributed by atoms with van der Waals surface area (Å²) < 4.78 is 0. The maximum atomic E-state index is 12.6. The number of carbonyl (C=O) groups excluding carboxylic acids is 2. The fraction of sp³-hybridized carbons (Fsp3) is 0.174. The molecule has 0 aliphatic carbocycles. The summed E-state index contributed by atoms with van der Waals surface area (Å²) in [6, 6.07) is 15.4. The number of nitrogens with one attached hydrogen (secondary N) is 2. The third-order valence-corrected chi connectivity index (χ3v) is 5.29. The number of fused-ring (bicyclic) bond motifs is 1. The van der Waals surface area contributed by atoms with E-state index in [1.165, 1.54) is 11.6 Å². The molecule has 1 unspecified atom stereocenters. The number of hydrogen-bond acceptors (Lipinski definition) is 3. The van der Waals surface area contributed by atoms with E-state index < -0.39 is 0 Å². The average molecular weight is 386 g/mol. The van der Waals surface area contributed by atoms with Crippen LogP contribution in [0.1, 0.15) is 21.5 Å². The van der Waals surface area contributed by atoms with Gasteiger partial charge < -0.3 is 10.2 Å². The van der Waals surface area contributed by atoms with Crippen LogP contribution in [0.3, 0.4) is 0 Å². The van der Waals surface area contributed by atoms with Crippen molar-refractivity contribution in [3.8, 4) is 11.1 Å². The van der Waals surface area contributed by atoms with E-state index in [9.17, 15) is 9.59 Å². The second-order valence-electron chi connectivity index (χ2n) is 7.07. The fourth-order valence-electron chi connectivity index (χ4n) is 3.68. The molecule has 146 valence electrons. The van der Waals surface area contributed by atoms with Gasteiger partial charge in [0.2, 0.25) is 5.91 Å². The molecule has 0 saturated heterocycles. The van der Waals surface area contributed by atoms with Gasteiger partial charge >= 0.3 is 0 Å². The summed E-state index contributed by atoms with van der Waals surface area (Å²) >= 11 is 0. The molecule has 3 aromatic rings. The summed E-state index contributed by atoms with van der Waals surface area (Å²) in [5, 5.41) is 9.69. The van der Waals surface area contributed by atoms with E-state index in [0.717, 1.165) is 16.7 Å². The molecule has 6 heteroatoms. The summed E-state index contributed by atoms with van der Waals surface area (Å²) in [5.74, 6) is -0.281. The Morgan fingerprint density at radius 1 is 1.14 bits per heavy atom. The van der Waals surface area contributed by atoms with Crippen LogP contribution in [-0.4, -0.2) is 39.5 Å². The standard InChI is InChI=1S/C23H22N4O2/c1-2-22(28)27-15-19-6-4-3-5-18(19)11-21(27)14-24-23(29)17-9-7-16(8-10-17)20-12-25-26-13-20/h2-10,12-13,21H,1,11,14-15H2,(H,24,29)(H,25,26). The monoisotopic (exact) mass is 386 g/mol. The van der Waals surface area contributed by atoms with Crippen molar-refractivity contribution in [2.75, 3.05) is 6.54 Å². The van der Waals surface area contributed by atoms with Crippen molar-refractivity contribution in [2.45, 2.75) is 19.0 Å². The number of hydrogen-bond donors (Lipinski definition) is 2. The van der Waals surface area contributed by atoms with E-state index >= 15 is 0 Å². The number of aromatic nitrogens is 2. The van der Waals surface area contributed by atoms with Gasteiger partial charge in [-0.05, 0) is 41.3 Å². The molecule has 4 rings (SSSR count). The number of nitrogens with zero attached hydrogens (tertiary/aromatic N) is 2. The summed E-state index contributed by atoms with van der Waals surface area (Å²) in [4.78, 5) is 26.7. The molecule has 0 fully saturated rings. The third-order valence-electron chi connectivity index (χ3n) is 5.29. The maximum absolute atomic E-state index is 12.6. The Morgan fingerprint density at radius 2 is 1.90 bits per heavy atom. The zero-order chi connectivity index (χ0) is 20.2. The lowest BCUT2D eigenvalue weighted by atomic mass is 9.93. The predicted octanol–water partition coefficient (Wildman–Crippen LogP) is 2.95. The highest BCUT2D eigenvalue weighted by Crippen LogP contribution is 2.23. The lowest BCUT2D eigenvalue weighted by Crippen LogP contribution is -2.49. The Bertz CT molecular complexity index is 1030. The smallest absolute Gasteiger partial charge is 0.251 e. The molecule has 2 aromatic carbocycles. The van der Waals surface area contributed by atoms with Crippen LogP contribution in [0.4, 0.5) is 0 Å². The molecular weight excluding hydrogens is 364 g/mol. The van der Waals surface area contributed by atoms with Gasteiger partial charge in [0.1, 0.15) is 0 Å². The first kappa shape index (κ1) is 18.7. The summed E-state index contributed by atoms with van der Waals surface area (Å²) in [7, 11) is 0. The molecule has 1 aliphatic heterocycles. The molecule has 1 aromatic heterocycles.